The van der Waals surface area contributed by atoms with Gasteiger partial charge in [0.15, 0.2) is 0 Å². The second-order valence-corrected chi connectivity index (χ2v) is 11.0. The Kier molecular flexibility index (Phi) is 6.45. The topological polar surface area (TPSA) is 105 Å². The van der Waals surface area contributed by atoms with E-state index >= 15 is 0 Å². The van der Waals surface area contributed by atoms with Crippen molar-refractivity contribution < 1.29 is 17.7 Å². The van der Waals surface area contributed by atoms with Crippen LogP contribution in [-0.2, 0) is 21.2 Å². The summed E-state index contributed by atoms with van der Waals surface area (Å²) < 4.78 is 33.3. The number of rotatable bonds is 6. The van der Waals surface area contributed by atoms with Gasteiger partial charge in [0.25, 0.3) is 0 Å². The number of aryl methyl sites for hydroxylation is 3. The zero-order valence-corrected chi connectivity index (χ0v) is 19.9. The van der Waals surface area contributed by atoms with E-state index in [2.05, 4.69) is 15.5 Å². The Hall–Kier alpha value is -2.56. The SMILES string of the molecule is CCc1ccccc1NC(=O)C1CCCN(S(=O)(=O)c2cc(-c3noc(C)n3)sc2C)C1. The summed E-state index contributed by atoms with van der Waals surface area (Å²) in [5, 5.41) is 6.88. The van der Waals surface area contributed by atoms with Crippen molar-refractivity contribution in [3.63, 3.8) is 0 Å². The van der Waals surface area contributed by atoms with Gasteiger partial charge in [-0.05, 0) is 43.9 Å². The molecule has 1 saturated heterocycles. The van der Waals surface area contributed by atoms with Crippen LogP contribution in [0, 0.1) is 19.8 Å². The predicted octanol–water partition coefficient (Wildman–Crippen LogP) is 4.02. The van der Waals surface area contributed by atoms with Gasteiger partial charge < -0.3 is 9.84 Å². The molecule has 1 aliphatic rings. The van der Waals surface area contributed by atoms with Crippen LogP contribution in [0.2, 0.25) is 0 Å². The first-order valence-electron chi connectivity index (χ1n) is 10.6. The molecule has 1 atom stereocenters. The highest BCUT2D eigenvalue weighted by Gasteiger charge is 2.35. The second kappa shape index (κ2) is 9.13. The van der Waals surface area contributed by atoms with Crippen LogP contribution < -0.4 is 5.32 Å². The first kappa shape index (κ1) is 22.6. The third kappa shape index (κ3) is 4.48. The maximum atomic E-state index is 13.4. The molecular weight excluding hydrogens is 448 g/mol. The first-order chi connectivity index (χ1) is 15.3. The minimum Gasteiger partial charge on any atom is -0.339 e. The van der Waals surface area contributed by atoms with E-state index in [0.717, 1.165) is 17.7 Å². The fraction of sp³-hybridized carbons (Fsp3) is 0.409. The van der Waals surface area contributed by atoms with Crippen molar-refractivity contribution in [2.45, 2.75) is 44.9 Å². The molecule has 2 aromatic heterocycles. The lowest BCUT2D eigenvalue weighted by Crippen LogP contribution is -2.43. The normalized spacial score (nSPS) is 17.4. The van der Waals surface area contributed by atoms with E-state index in [1.54, 1.807) is 19.9 Å². The molecule has 3 heterocycles. The minimum absolute atomic E-state index is 0.143. The zero-order valence-electron chi connectivity index (χ0n) is 18.3. The standard InChI is InChI=1S/C22H26N4O4S2/c1-4-16-8-5-6-10-18(16)24-22(27)17-9-7-11-26(13-17)32(28,29)20-12-19(31-14(20)2)21-23-15(3)30-25-21/h5-6,8,10,12,17H,4,7,9,11,13H2,1-3H3,(H,24,27). The highest BCUT2D eigenvalue weighted by molar-refractivity contribution is 7.89. The Morgan fingerprint density at radius 2 is 2.09 bits per heavy atom. The fourth-order valence-corrected chi connectivity index (χ4v) is 6.94. The Balaban J connectivity index is 1.52. The van der Waals surface area contributed by atoms with Gasteiger partial charge in [0.1, 0.15) is 0 Å². The number of hydrogen-bond acceptors (Lipinski definition) is 7. The molecule has 8 nitrogen and oxygen atoms in total. The van der Waals surface area contributed by atoms with Gasteiger partial charge in [-0.1, -0.05) is 30.3 Å². The van der Waals surface area contributed by atoms with Crippen molar-refractivity contribution in [2.24, 2.45) is 5.92 Å². The maximum Gasteiger partial charge on any atom is 0.244 e. The number of nitrogens with zero attached hydrogens (tertiary/aromatic N) is 3. The molecule has 0 bridgehead atoms. The number of sulfonamides is 1. The number of aromatic nitrogens is 2. The molecule has 1 fully saturated rings. The molecular formula is C22H26N4O4S2. The van der Waals surface area contributed by atoms with Gasteiger partial charge in [0.2, 0.25) is 27.6 Å². The molecule has 0 spiro atoms. The monoisotopic (exact) mass is 474 g/mol. The molecule has 0 saturated carbocycles. The largest absolute Gasteiger partial charge is 0.339 e. The molecule has 1 N–H and O–H groups in total. The number of carbonyl (C=O) groups is 1. The lowest BCUT2D eigenvalue weighted by molar-refractivity contribution is -0.120. The predicted molar refractivity (Wildman–Crippen MR) is 123 cm³/mol. The average Bonchev–Trinajstić information content (AvgIpc) is 3.40. The Bertz CT molecular complexity index is 1230. The van der Waals surface area contributed by atoms with Gasteiger partial charge in [-0.25, -0.2) is 8.42 Å². The summed E-state index contributed by atoms with van der Waals surface area (Å²) in [6, 6.07) is 9.28. The van der Waals surface area contributed by atoms with Crippen molar-refractivity contribution >= 4 is 33.0 Å². The number of nitrogens with one attached hydrogen (secondary N) is 1. The molecule has 32 heavy (non-hydrogen) atoms. The number of hydrogen-bond donors (Lipinski definition) is 1. The van der Waals surface area contributed by atoms with Crippen molar-refractivity contribution in [3.8, 4) is 10.7 Å². The van der Waals surface area contributed by atoms with Crippen LogP contribution in [0.15, 0.2) is 39.8 Å². The van der Waals surface area contributed by atoms with Crippen LogP contribution in [0.5, 0.6) is 0 Å². The van der Waals surface area contributed by atoms with E-state index in [1.165, 1.54) is 15.6 Å². The third-order valence-electron chi connectivity index (χ3n) is 5.65. The molecule has 4 rings (SSSR count). The van der Waals surface area contributed by atoms with E-state index in [9.17, 15) is 13.2 Å². The Morgan fingerprint density at radius 1 is 1.31 bits per heavy atom. The molecule has 1 aliphatic heterocycles. The summed E-state index contributed by atoms with van der Waals surface area (Å²) in [6.45, 7) is 6.04. The Morgan fingerprint density at radius 3 is 2.81 bits per heavy atom. The quantitative estimate of drug-likeness (QED) is 0.579. The summed E-state index contributed by atoms with van der Waals surface area (Å²) in [5.74, 6) is 0.255. The highest BCUT2D eigenvalue weighted by Crippen LogP contribution is 2.35. The molecule has 3 aromatic rings. The summed E-state index contributed by atoms with van der Waals surface area (Å²) in [4.78, 5) is 18.7. The minimum atomic E-state index is -3.75. The molecule has 1 unspecified atom stereocenters. The molecule has 1 amide bonds. The average molecular weight is 475 g/mol. The van der Waals surface area contributed by atoms with Crippen LogP contribution in [0.1, 0.15) is 36.1 Å². The smallest absolute Gasteiger partial charge is 0.244 e. The van der Waals surface area contributed by atoms with Gasteiger partial charge >= 0.3 is 0 Å². The van der Waals surface area contributed by atoms with Crippen LogP contribution in [0.4, 0.5) is 5.69 Å². The van der Waals surface area contributed by atoms with Crippen molar-refractivity contribution in [2.75, 3.05) is 18.4 Å². The lowest BCUT2D eigenvalue weighted by Gasteiger charge is -2.31. The van der Waals surface area contributed by atoms with Crippen molar-refractivity contribution in [1.82, 2.24) is 14.4 Å². The summed E-state index contributed by atoms with van der Waals surface area (Å²) >= 11 is 1.31. The van der Waals surface area contributed by atoms with Crippen molar-refractivity contribution in [1.29, 1.82) is 0 Å². The number of benzene rings is 1. The summed E-state index contributed by atoms with van der Waals surface area (Å²) in [6.07, 6.45) is 2.09. The van der Waals surface area contributed by atoms with Gasteiger partial charge in [-0.2, -0.15) is 9.29 Å². The highest BCUT2D eigenvalue weighted by atomic mass is 32.2. The summed E-state index contributed by atoms with van der Waals surface area (Å²) in [7, 11) is -3.75. The number of amides is 1. The van der Waals surface area contributed by atoms with Gasteiger partial charge in [-0.3, -0.25) is 4.79 Å². The van der Waals surface area contributed by atoms with Crippen LogP contribution >= 0.6 is 11.3 Å². The van der Waals surface area contributed by atoms with Crippen LogP contribution in [0.3, 0.4) is 0 Å². The third-order valence-corrected chi connectivity index (χ3v) is 8.82. The molecule has 0 radical (unpaired) electrons. The number of para-hydroxylation sites is 1. The van der Waals surface area contributed by atoms with Crippen molar-refractivity contribution in [3.05, 3.63) is 46.7 Å². The number of anilines is 1. The maximum absolute atomic E-state index is 13.4. The van der Waals surface area contributed by atoms with E-state index in [4.69, 9.17) is 4.52 Å². The van der Waals surface area contributed by atoms with Crippen LogP contribution in [0.25, 0.3) is 10.7 Å². The number of piperidine rings is 1. The van der Waals surface area contributed by atoms with Gasteiger partial charge in [-0.15, -0.1) is 11.3 Å². The molecule has 0 aliphatic carbocycles. The Labute approximate surface area is 191 Å². The van der Waals surface area contributed by atoms with E-state index in [1.807, 2.05) is 31.2 Å². The van der Waals surface area contributed by atoms with E-state index in [0.29, 0.717) is 40.9 Å². The number of thiophene rings is 1. The zero-order chi connectivity index (χ0) is 22.9. The van der Waals surface area contributed by atoms with E-state index < -0.39 is 15.9 Å². The molecule has 1 aromatic carbocycles. The summed E-state index contributed by atoms with van der Waals surface area (Å²) in [5.41, 5.74) is 1.84. The molecule has 10 heteroatoms. The van der Waals surface area contributed by atoms with Gasteiger partial charge in [0.05, 0.1) is 15.7 Å². The van der Waals surface area contributed by atoms with E-state index in [-0.39, 0.29) is 17.3 Å². The second-order valence-electron chi connectivity index (χ2n) is 7.87. The lowest BCUT2D eigenvalue weighted by atomic mass is 9.98. The van der Waals surface area contributed by atoms with Crippen LogP contribution in [-0.4, -0.2) is 41.9 Å². The fourth-order valence-electron chi connectivity index (χ4n) is 3.93. The van der Waals surface area contributed by atoms with Gasteiger partial charge in [0, 0.05) is 30.6 Å². The first-order valence-corrected chi connectivity index (χ1v) is 12.8. The molecule has 170 valence electrons. The number of carbonyl (C=O) groups excluding carboxylic acids is 1.